The number of amidine groups is 1. The summed E-state index contributed by atoms with van der Waals surface area (Å²) in [6, 6.07) is 4.32. The van der Waals surface area contributed by atoms with E-state index in [0.717, 1.165) is 12.8 Å². The second-order valence-corrected chi connectivity index (χ2v) is 5.97. The number of aliphatic imine (C=N–C) groups is 1. The molecule has 0 amide bonds. The van der Waals surface area contributed by atoms with E-state index in [1.807, 2.05) is 5.48 Å². The molecule has 1 aromatic heterocycles. The molecule has 8 nitrogen and oxygen atoms in total. The van der Waals surface area contributed by atoms with Gasteiger partial charge in [-0.1, -0.05) is 0 Å². The summed E-state index contributed by atoms with van der Waals surface area (Å²) in [6.07, 6.45) is 1.43. The molecule has 0 aliphatic heterocycles. The van der Waals surface area contributed by atoms with Crippen molar-refractivity contribution in [2.75, 3.05) is 0 Å². The van der Waals surface area contributed by atoms with Crippen LogP contribution in [-0.4, -0.2) is 38.6 Å². The van der Waals surface area contributed by atoms with Crippen molar-refractivity contribution in [2.45, 2.75) is 25.0 Å². The van der Waals surface area contributed by atoms with E-state index in [-0.39, 0.29) is 34.0 Å². The van der Waals surface area contributed by atoms with Gasteiger partial charge in [-0.25, -0.2) is 9.38 Å². The molecule has 3 rings (SSSR count). The van der Waals surface area contributed by atoms with Crippen molar-refractivity contribution in [1.29, 1.82) is 0 Å². The Morgan fingerprint density at radius 1 is 1.48 bits per heavy atom. The summed E-state index contributed by atoms with van der Waals surface area (Å²) in [4.78, 5) is 4.18. The Hall–Kier alpha value is -2.04. The molecule has 5 N–H and O–H groups in total. The molecule has 23 heavy (non-hydrogen) atoms. The number of rotatable bonds is 4. The molecule has 0 unspecified atom stereocenters. The first kappa shape index (κ1) is 15.8. The maximum atomic E-state index is 13.3. The molecule has 0 saturated heterocycles. The molecule has 1 saturated carbocycles. The molecule has 0 radical (unpaired) electrons. The second kappa shape index (κ2) is 6.60. The first-order chi connectivity index (χ1) is 11.1. The zero-order valence-electron chi connectivity index (χ0n) is 11.8. The lowest BCUT2D eigenvalue weighted by molar-refractivity contribution is 0.0953. The number of nitrogens with one attached hydrogen (secondary N) is 2. The zero-order chi connectivity index (χ0) is 16.4. The van der Waals surface area contributed by atoms with Crippen LogP contribution in [0.2, 0.25) is 0 Å². The van der Waals surface area contributed by atoms with Crippen molar-refractivity contribution in [3.8, 4) is 5.88 Å². The van der Waals surface area contributed by atoms with Gasteiger partial charge in [-0.05, 0) is 47.0 Å². The predicted octanol–water partition coefficient (Wildman–Crippen LogP) is 1.63. The summed E-state index contributed by atoms with van der Waals surface area (Å²) >= 11 is 3.08. The topological polar surface area (TPSA) is 121 Å². The number of halogens is 2. The molecule has 10 heteroatoms. The van der Waals surface area contributed by atoms with Crippen LogP contribution in [-0.2, 0) is 0 Å². The highest BCUT2D eigenvalue weighted by atomic mass is 79.9. The monoisotopic (exact) mass is 384 g/mol. The third-order valence-corrected chi connectivity index (χ3v) is 4.01. The van der Waals surface area contributed by atoms with Crippen LogP contribution in [0.5, 0.6) is 5.88 Å². The SMILES string of the molecule is NC1CC(Oc2n[nH]nc2C(=Nc2ccc(F)c(Br)c2)NO)C1. The van der Waals surface area contributed by atoms with E-state index in [0.29, 0.717) is 5.69 Å². The van der Waals surface area contributed by atoms with Crippen molar-refractivity contribution >= 4 is 27.5 Å². The molecular formula is C13H14BrFN6O2. The number of aromatic amines is 1. The Labute approximate surface area is 139 Å². The van der Waals surface area contributed by atoms with Crippen molar-refractivity contribution in [2.24, 2.45) is 10.7 Å². The number of aromatic nitrogens is 3. The number of hydrogen-bond acceptors (Lipinski definition) is 6. The summed E-state index contributed by atoms with van der Waals surface area (Å²) in [5.74, 6) is -0.173. The van der Waals surface area contributed by atoms with E-state index >= 15 is 0 Å². The fourth-order valence-electron chi connectivity index (χ4n) is 2.13. The van der Waals surface area contributed by atoms with Gasteiger partial charge in [0.15, 0.2) is 11.5 Å². The predicted molar refractivity (Wildman–Crippen MR) is 83.2 cm³/mol. The normalized spacial score (nSPS) is 21.0. The smallest absolute Gasteiger partial charge is 0.265 e. The van der Waals surface area contributed by atoms with Gasteiger partial charge in [-0.15, -0.1) is 10.2 Å². The summed E-state index contributed by atoms with van der Waals surface area (Å²) < 4.78 is 19.2. The highest BCUT2D eigenvalue weighted by molar-refractivity contribution is 9.10. The van der Waals surface area contributed by atoms with Crippen molar-refractivity contribution in [3.05, 3.63) is 34.2 Å². The van der Waals surface area contributed by atoms with E-state index in [9.17, 15) is 9.60 Å². The van der Waals surface area contributed by atoms with Gasteiger partial charge < -0.3 is 10.5 Å². The molecule has 2 aromatic rings. The van der Waals surface area contributed by atoms with Crippen molar-refractivity contribution in [3.63, 3.8) is 0 Å². The number of nitrogens with two attached hydrogens (primary N) is 1. The second-order valence-electron chi connectivity index (χ2n) is 5.12. The number of ether oxygens (including phenoxy) is 1. The van der Waals surface area contributed by atoms with Gasteiger partial charge >= 0.3 is 0 Å². The lowest BCUT2D eigenvalue weighted by atomic mass is 9.90. The average molecular weight is 385 g/mol. The van der Waals surface area contributed by atoms with Gasteiger partial charge in [0.05, 0.1) is 10.2 Å². The number of nitrogens with zero attached hydrogens (tertiary/aromatic N) is 3. The van der Waals surface area contributed by atoms with Crippen LogP contribution in [0.15, 0.2) is 27.7 Å². The third kappa shape index (κ3) is 3.49. The largest absolute Gasteiger partial charge is 0.472 e. The lowest BCUT2D eigenvalue weighted by Crippen LogP contribution is -2.43. The molecule has 1 heterocycles. The van der Waals surface area contributed by atoms with Gasteiger partial charge in [0.25, 0.3) is 5.88 Å². The first-order valence-electron chi connectivity index (χ1n) is 6.84. The lowest BCUT2D eigenvalue weighted by Gasteiger charge is -2.31. The minimum atomic E-state index is -0.408. The van der Waals surface area contributed by atoms with E-state index in [1.54, 1.807) is 0 Å². The van der Waals surface area contributed by atoms with E-state index < -0.39 is 5.82 Å². The number of hydroxylamine groups is 1. The van der Waals surface area contributed by atoms with Gasteiger partial charge in [0.2, 0.25) is 0 Å². The standard InChI is InChI=1S/C13H14BrFN6O2/c14-9-5-7(1-2-10(9)15)17-12(20-22)11-13(19-21-18-11)23-8-3-6(16)4-8/h1-2,5-6,8,22H,3-4,16H2,(H,17,20)(H,18,19,21). The van der Waals surface area contributed by atoms with Crippen LogP contribution >= 0.6 is 15.9 Å². The van der Waals surface area contributed by atoms with Gasteiger partial charge in [0, 0.05) is 6.04 Å². The fraction of sp³-hybridized carbons (Fsp3) is 0.308. The molecular weight excluding hydrogens is 371 g/mol. The maximum absolute atomic E-state index is 13.3. The molecule has 1 aromatic carbocycles. The Morgan fingerprint density at radius 2 is 2.26 bits per heavy atom. The highest BCUT2D eigenvalue weighted by Crippen LogP contribution is 2.26. The van der Waals surface area contributed by atoms with Crippen molar-refractivity contribution in [1.82, 2.24) is 20.9 Å². The summed E-state index contributed by atoms with van der Waals surface area (Å²) in [5, 5.41) is 19.6. The van der Waals surface area contributed by atoms with Crippen LogP contribution in [0, 0.1) is 5.82 Å². The van der Waals surface area contributed by atoms with Gasteiger partial charge in [-0.3, -0.25) is 10.7 Å². The quantitative estimate of drug-likeness (QED) is 0.361. The minimum absolute atomic E-state index is 0.0240. The summed E-state index contributed by atoms with van der Waals surface area (Å²) in [7, 11) is 0. The van der Waals surface area contributed by atoms with E-state index in [2.05, 4.69) is 36.3 Å². The maximum Gasteiger partial charge on any atom is 0.265 e. The van der Waals surface area contributed by atoms with Crippen LogP contribution in [0.25, 0.3) is 0 Å². The fourth-order valence-corrected chi connectivity index (χ4v) is 2.50. The van der Waals surface area contributed by atoms with Crippen LogP contribution in [0.1, 0.15) is 18.5 Å². The highest BCUT2D eigenvalue weighted by Gasteiger charge is 2.30. The number of benzene rings is 1. The minimum Gasteiger partial charge on any atom is -0.472 e. The van der Waals surface area contributed by atoms with Crippen molar-refractivity contribution < 1.29 is 14.3 Å². The summed E-state index contributed by atoms with van der Waals surface area (Å²) in [5.41, 5.74) is 8.30. The zero-order valence-corrected chi connectivity index (χ0v) is 13.4. The van der Waals surface area contributed by atoms with Crippen LogP contribution in [0.4, 0.5) is 10.1 Å². The van der Waals surface area contributed by atoms with Crippen LogP contribution in [0.3, 0.4) is 0 Å². The molecule has 0 bridgehead atoms. The third-order valence-electron chi connectivity index (χ3n) is 3.40. The first-order valence-corrected chi connectivity index (χ1v) is 7.63. The number of hydrogen-bond donors (Lipinski definition) is 4. The average Bonchev–Trinajstić information content (AvgIpc) is 2.95. The molecule has 0 atom stereocenters. The van der Waals surface area contributed by atoms with E-state index in [1.165, 1.54) is 18.2 Å². The molecule has 122 valence electrons. The molecule has 1 aliphatic carbocycles. The van der Waals surface area contributed by atoms with Crippen LogP contribution < -0.4 is 16.0 Å². The van der Waals surface area contributed by atoms with Gasteiger partial charge in [0.1, 0.15) is 11.9 Å². The Morgan fingerprint density at radius 3 is 2.91 bits per heavy atom. The Kier molecular flexibility index (Phi) is 4.55. The molecule has 1 fully saturated rings. The van der Waals surface area contributed by atoms with Gasteiger partial charge in [-0.2, -0.15) is 5.21 Å². The Balaban J connectivity index is 1.84. The Bertz CT molecular complexity index is 731. The summed E-state index contributed by atoms with van der Waals surface area (Å²) in [6.45, 7) is 0. The van der Waals surface area contributed by atoms with E-state index in [4.69, 9.17) is 10.5 Å². The molecule has 1 aliphatic rings. The molecule has 0 spiro atoms. The number of H-pyrrole nitrogens is 1.